The van der Waals surface area contributed by atoms with Crippen LogP contribution in [-0.2, 0) is 0 Å². The molecular formula is C10H23N4OP. The van der Waals surface area contributed by atoms with Gasteiger partial charge in [0.1, 0.15) is 0 Å². The lowest BCUT2D eigenvalue weighted by Crippen LogP contribution is -2.30. The standard InChI is InChI=1S/C10H23N4OP/c15-16-13-7-1-3-11-5-6-12-4-2-8-14(16)10-9-13/h11-12,16H,1-10H2. The van der Waals surface area contributed by atoms with Gasteiger partial charge in [-0.3, -0.25) is 0 Å². The molecule has 0 aromatic rings. The number of nitrogens with one attached hydrogen (secondary N) is 2. The topological polar surface area (TPSA) is 53.6 Å². The van der Waals surface area contributed by atoms with Crippen LogP contribution >= 0.6 is 8.45 Å². The summed E-state index contributed by atoms with van der Waals surface area (Å²) in [7, 11) is -1.61. The molecule has 2 aliphatic rings. The van der Waals surface area contributed by atoms with Crippen LogP contribution in [0.1, 0.15) is 12.8 Å². The second-order valence-electron chi connectivity index (χ2n) is 4.46. The van der Waals surface area contributed by atoms with E-state index in [1.807, 2.05) is 0 Å². The van der Waals surface area contributed by atoms with Gasteiger partial charge in [0.05, 0.1) is 21.5 Å². The summed E-state index contributed by atoms with van der Waals surface area (Å²) in [6.45, 7) is 8.10. The van der Waals surface area contributed by atoms with Crippen molar-refractivity contribution in [3.63, 3.8) is 0 Å². The fourth-order valence-corrected chi connectivity index (χ4v) is 3.95. The van der Waals surface area contributed by atoms with Gasteiger partial charge in [-0.15, -0.1) is 0 Å². The quantitative estimate of drug-likeness (QED) is 0.531. The molecule has 0 amide bonds. The summed E-state index contributed by atoms with van der Waals surface area (Å²) in [5, 5.41) is 6.81. The van der Waals surface area contributed by atoms with Crippen LogP contribution in [0, 0.1) is 0 Å². The van der Waals surface area contributed by atoms with Gasteiger partial charge in [0.25, 0.3) is 0 Å². The summed E-state index contributed by atoms with van der Waals surface area (Å²) >= 11 is 0. The van der Waals surface area contributed by atoms with Gasteiger partial charge in [-0.25, -0.2) is 0 Å². The van der Waals surface area contributed by atoms with Crippen LogP contribution in [0.5, 0.6) is 0 Å². The van der Waals surface area contributed by atoms with E-state index in [2.05, 4.69) is 20.0 Å². The van der Waals surface area contributed by atoms with Crippen molar-refractivity contribution in [2.75, 3.05) is 52.4 Å². The minimum Gasteiger partial charge on any atom is -0.653 e. The highest BCUT2D eigenvalue weighted by Crippen LogP contribution is 2.40. The number of hydrogen-bond acceptors (Lipinski definition) is 5. The van der Waals surface area contributed by atoms with Crippen molar-refractivity contribution in [3.05, 3.63) is 0 Å². The predicted octanol–water partition coefficient (Wildman–Crippen LogP) is -1.10. The Morgan fingerprint density at radius 3 is 1.75 bits per heavy atom. The lowest BCUT2D eigenvalue weighted by atomic mass is 10.3. The molecule has 0 aliphatic carbocycles. The Kier molecular flexibility index (Phi) is 5.42. The minimum atomic E-state index is -1.61. The van der Waals surface area contributed by atoms with E-state index in [9.17, 15) is 4.89 Å². The Bertz CT molecular complexity index is 187. The summed E-state index contributed by atoms with van der Waals surface area (Å²) in [5.41, 5.74) is 0. The molecule has 2 saturated heterocycles. The zero-order valence-electron chi connectivity index (χ0n) is 9.87. The molecule has 2 aliphatic heterocycles. The molecule has 2 atom stereocenters. The molecule has 0 saturated carbocycles. The first-order chi connectivity index (χ1) is 7.88. The third-order valence-corrected chi connectivity index (χ3v) is 5.20. The van der Waals surface area contributed by atoms with Crippen molar-refractivity contribution in [2.45, 2.75) is 12.8 Å². The molecule has 0 aromatic carbocycles. The highest BCUT2D eigenvalue weighted by Gasteiger charge is 2.30. The molecule has 2 rings (SSSR count). The van der Waals surface area contributed by atoms with E-state index < -0.39 is 8.45 Å². The zero-order chi connectivity index (χ0) is 11.2. The van der Waals surface area contributed by atoms with Crippen molar-refractivity contribution >= 4 is 8.45 Å². The SMILES string of the molecule is [O-][PH+]1N2CCCNCCNCCCN1CC2. The summed E-state index contributed by atoms with van der Waals surface area (Å²) in [5.74, 6) is 0. The fourth-order valence-electron chi connectivity index (χ4n) is 2.26. The second kappa shape index (κ2) is 6.84. The molecule has 0 spiro atoms. The predicted molar refractivity (Wildman–Crippen MR) is 66.4 cm³/mol. The normalized spacial score (nSPS) is 38.4. The van der Waals surface area contributed by atoms with Crippen molar-refractivity contribution in [1.29, 1.82) is 0 Å². The Labute approximate surface area is 99.1 Å². The second-order valence-corrected chi connectivity index (χ2v) is 6.29. The summed E-state index contributed by atoms with van der Waals surface area (Å²) in [4.78, 5) is 12.1. The monoisotopic (exact) mass is 246 g/mol. The number of hydrogen-bond donors (Lipinski definition) is 2. The van der Waals surface area contributed by atoms with E-state index in [1.54, 1.807) is 0 Å². The lowest BCUT2D eigenvalue weighted by molar-refractivity contribution is -0.177. The van der Waals surface area contributed by atoms with Crippen molar-refractivity contribution in [2.24, 2.45) is 0 Å². The van der Waals surface area contributed by atoms with E-state index in [1.165, 1.54) is 0 Å². The largest absolute Gasteiger partial charge is 0.653 e. The average molecular weight is 246 g/mol. The zero-order valence-corrected chi connectivity index (χ0v) is 10.9. The van der Waals surface area contributed by atoms with Gasteiger partial charge in [0.2, 0.25) is 0 Å². The summed E-state index contributed by atoms with van der Waals surface area (Å²) in [6, 6.07) is 0. The maximum absolute atomic E-state index is 12.1. The van der Waals surface area contributed by atoms with E-state index in [0.717, 1.165) is 65.2 Å². The first-order valence-electron chi connectivity index (χ1n) is 6.33. The Morgan fingerprint density at radius 2 is 1.25 bits per heavy atom. The smallest absolute Gasteiger partial charge is 0.0929 e. The van der Waals surface area contributed by atoms with Gasteiger partial charge in [0, 0.05) is 26.2 Å². The number of rotatable bonds is 0. The third kappa shape index (κ3) is 3.62. The molecule has 2 heterocycles. The Balaban J connectivity index is 1.81. The van der Waals surface area contributed by atoms with Crippen LogP contribution < -0.4 is 15.5 Å². The Morgan fingerprint density at radius 1 is 0.750 bits per heavy atom. The van der Waals surface area contributed by atoms with Gasteiger partial charge in [-0.1, -0.05) is 0 Å². The summed E-state index contributed by atoms with van der Waals surface area (Å²) in [6.07, 6.45) is 2.20. The number of fused-ring (bicyclic) bond motifs is 2. The average Bonchev–Trinajstić information content (AvgIpc) is 2.64. The van der Waals surface area contributed by atoms with Crippen molar-refractivity contribution in [1.82, 2.24) is 20.0 Å². The molecule has 2 bridgehead atoms. The molecule has 6 heteroatoms. The van der Waals surface area contributed by atoms with E-state index in [-0.39, 0.29) is 0 Å². The highest BCUT2D eigenvalue weighted by molar-refractivity contribution is 7.45. The molecule has 0 radical (unpaired) electrons. The maximum Gasteiger partial charge on any atom is 0.0929 e. The first-order valence-corrected chi connectivity index (χ1v) is 7.63. The van der Waals surface area contributed by atoms with Gasteiger partial charge < -0.3 is 15.5 Å². The third-order valence-electron chi connectivity index (χ3n) is 3.22. The molecule has 94 valence electrons. The fraction of sp³-hybridized carbons (Fsp3) is 1.00. The van der Waals surface area contributed by atoms with Gasteiger partial charge in [-0.05, 0) is 25.9 Å². The van der Waals surface area contributed by atoms with Crippen LogP contribution in [0.4, 0.5) is 0 Å². The van der Waals surface area contributed by atoms with Crippen LogP contribution in [-0.4, -0.2) is 61.7 Å². The van der Waals surface area contributed by atoms with Gasteiger partial charge in [0.15, 0.2) is 0 Å². The molecule has 2 fully saturated rings. The van der Waals surface area contributed by atoms with Crippen LogP contribution in [0.15, 0.2) is 0 Å². The van der Waals surface area contributed by atoms with Crippen molar-refractivity contribution < 1.29 is 4.89 Å². The summed E-state index contributed by atoms with van der Waals surface area (Å²) < 4.78 is 4.33. The maximum atomic E-state index is 12.1. The van der Waals surface area contributed by atoms with Crippen LogP contribution in [0.2, 0.25) is 0 Å². The molecule has 2 N–H and O–H groups in total. The molecule has 16 heavy (non-hydrogen) atoms. The molecule has 5 nitrogen and oxygen atoms in total. The first kappa shape index (κ1) is 12.7. The minimum absolute atomic E-state index is 0.981. The van der Waals surface area contributed by atoms with E-state index in [4.69, 9.17) is 0 Å². The number of nitrogens with zero attached hydrogens (tertiary/aromatic N) is 2. The van der Waals surface area contributed by atoms with E-state index >= 15 is 0 Å². The van der Waals surface area contributed by atoms with Gasteiger partial charge in [-0.2, -0.15) is 9.34 Å². The molecule has 2 unspecified atom stereocenters. The Hall–Kier alpha value is 0.230. The molecular weight excluding hydrogens is 223 g/mol. The van der Waals surface area contributed by atoms with Crippen LogP contribution in [0.25, 0.3) is 0 Å². The van der Waals surface area contributed by atoms with Crippen molar-refractivity contribution in [3.8, 4) is 0 Å². The van der Waals surface area contributed by atoms with Gasteiger partial charge >= 0.3 is 0 Å². The lowest BCUT2D eigenvalue weighted by Gasteiger charge is -2.24. The highest BCUT2D eigenvalue weighted by atomic mass is 31.2. The van der Waals surface area contributed by atoms with Crippen LogP contribution in [0.3, 0.4) is 0 Å². The van der Waals surface area contributed by atoms with E-state index in [0.29, 0.717) is 0 Å². The molecule has 0 aromatic heterocycles.